The summed E-state index contributed by atoms with van der Waals surface area (Å²) in [4.78, 5) is 12.4. The zero-order valence-corrected chi connectivity index (χ0v) is 14.5. The summed E-state index contributed by atoms with van der Waals surface area (Å²) in [5.41, 5.74) is 7.16. The molecular formula is C18H21N5O3. The molecule has 8 nitrogen and oxygen atoms in total. The van der Waals surface area contributed by atoms with Crippen LogP contribution in [-0.2, 0) is 16.1 Å². The van der Waals surface area contributed by atoms with Crippen LogP contribution in [0.3, 0.4) is 0 Å². The fourth-order valence-corrected chi connectivity index (χ4v) is 2.86. The first kappa shape index (κ1) is 17.8. The summed E-state index contributed by atoms with van der Waals surface area (Å²) >= 11 is 0. The minimum atomic E-state index is -0.308. The highest BCUT2D eigenvalue weighted by atomic mass is 16.5. The van der Waals surface area contributed by atoms with Crippen LogP contribution in [0.5, 0.6) is 5.75 Å². The van der Waals surface area contributed by atoms with Crippen LogP contribution in [0, 0.1) is 18.3 Å². The molecular weight excluding hydrogens is 334 g/mol. The van der Waals surface area contributed by atoms with Gasteiger partial charge < -0.3 is 20.5 Å². The van der Waals surface area contributed by atoms with E-state index in [1.807, 2.05) is 6.92 Å². The number of amides is 1. The number of aryl methyl sites for hydroxylation is 1. The Labute approximate surface area is 151 Å². The van der Waals surface area contributed by atoms with Crippen molar-refractivity contribution in [2.24, 2.45) is 0 Å². The molecule has 3 N–H and O–H groups in total. The summed E-state index contributed by atoms with van der Waals surface area (Å²) in [7, 11) is 0. The molecule has 0 spiro atoms. The number of ether oxygens (including phenoxy) is 2. The first-order valence-electron chi connectivity index (χ1n) is 8.39. The van der Waals surface area contributed by atoms with E-state index in [1.54, 1.807) is 30.3 Å². The fraction of sp³-hybridized carbons (Fsp3) is 0.389. The number of nitrogens with one attached hydrogen (secondary N) is 1. The van der Waals surface area contributed by atoms with Gasteiger partial charge in [0.15, 0.2) is 0 Å². The van der Waals surface area contributed by atoms with Crippen molar-refractivity contribution in [1.82, 2.24) is 15.1 Å². The largest absolute Gasteiger partial charge is 0.486 e. The van der Waals surface area contributed by atoms with Gasteiger partial charge in [0.25, 0.3) is 0 Å². The second-order valence-corrected chi connectivity index (χ2v) is 6.20. The highest BCUT2D eigenvalue weighted by Crippen LogP contribution is 2.18. The number of benzene rings is 1. The quantitative estimate of drug-likeness (QED) is 0.827. The molecule has 0 radical (unpaired) electrons. The van der Waals surface area contributed by atoms with Crippen molar-refractivity contribution in [2.45, 2.75) is 32.0 Å². The van der Waals surface area contributed by atoms with Gasteiger partial charge in [-0.15, -0.1) is 0 Å². The molecule has 0 saturated carbocycles. The van der Waals surface area contributed by atoms with E-state index < -0.39 is 0 Å². The number of rotatable bonds is 5. The van der Waals surface area contributed by atoms with Crippen molar-refractivity contribution < 1.29 is 14.3 Å². The molecule has 1 aromatic heterocycles. The molecule has 8 heteroatoms. The highest BCUT2D eigenvalue weighted by Gasteiger charge is 2.29. The fourth-order valence-electron chi connectivity index (χ4n) is 2.86. The van der Waals surface area contributed by atoms with Crippen LogP contribution in [0.25, 0.3) is 0 Å². The van der Waals surface area contributed by atoms with Gasteiger partial charge in [-0.2, -0.15) is 10.4 Å². The van der Waals surface area contributed by atoms with Crippen LogP contribution in [-0.4, -0.2) is 41.0 Å². The van der Waals surface area contributed by atoms with Gasteiger partial charge >= 0.3 is 0 Å². The maximum atomic E-state index is 12.4. The number of hydrogen-bond donors (Lipinski definition) is 2. The molecule has 2 atom stereocenters. The minimum absolute atomic E-state index is 0.0562. The Morgan fingerprint density at radius 2 is 2.27 bits per heavy atom. The second-order valence-electron chi connectivity index (χ2n) is 6.20. The molecule has 1 aromatic carbocycles. The first-order chi connectivity index (χ1) is 12.5. The van der Waals surface area contributed by atoms with E-state index in [0.717, 1.165) is 5.69 Å². The first-order valence-corrected chi connectivity index (χ1v) is 8.39. The van der Waals surface area contributed by atoms with Crippen LogP contribution >= 0.6 is 0 Å². The normalized spacial score (nSPS) is 19.5. The number of carbonyl (C=O) groups excluding carboxylic acids is 1. The van der Waals surface area contributed by atoms with Crippen LogP contribution in [0.1, 0.15) is 17.7 Å². The standard InChI is InChI=1S/C18H21N5O3/c1-12-8-17(20)23(22-12)10-18(24)21-15-6-7-25-11-16(15)26-14-4-2-13(9-19)3-5-14/h2-5,8,15-16H,6-7,10-11,20H2,1H3,(H,21,24)/t15-,16-/m1/s1. The summed E-state index contributed by atoms with van der Waals surface area (Å²) in [5.74, 6) is 0.904. The molecule has 136 valence electrons. The molecule has 0 aliphatic carbocycles. The number of nitrogen functional groups attached to an aromatic ring is 1. The number of carbonyl (C=O) groups is 1. The Morgan fingerprint density at radius 1 is 1.50 bits per heavy atom. The average molecular weight is 355 g/mol. The van der Waals surface area contributed by atoms with Crippen molar-refractivity contribution >= 4 is 11.7 Å². The van der Waals surface area contributed by atoms with Crippen molar-refractivity contribution in [3.8, 4) is 11.8 Å². The Hall–Kier alpha value is -3.05. The second kappa shape index (κ2) is 7.89. The van der Waals surface area contributed by atoms with E-state index in [1.165, 1.54) is 4.68 Å². The smallest absolute Gasteiger partial charge is 0.242 e. The maximum absolute atomic E-state index is 12.4. The number of aromatic nitrogens is 2. The third-order valence-electron chi connectivity index (χ3n) is 4.15. The summed E-state index contributed by atoms with van der Waals surface area (Å²) in [6.07, 6.45) is 0.345. The van der Waals surface area contributed by atoms with Gasteiger partial charge in [0.05, 0.1) is 30.0 Å². The summed E-state index contributed by atoms with van der Waals surface area (Å²) in [6.45, 7) is 2.82. The number of nitrogens with zero attached hydrogens (tertiary/aromatic N) is 3. The van der Waals surface area contributed by atoms with Crippen LogP contribution in [0.15, 0.2) is 30.3 Å². The number of anilines is 1. The zero-order chi connectivity index (χ0) is 18.5. The molecule has 1 aliphatic rings. The Bertz CT molecular complexity index is 809. The van der Waals surface area contributed by atoms with Gasteiger partial charge in [-0.3, -0.25) is 4.79 Å². The van der Waals surface area contributed by atoms with Gasteiger partial charge in [0.1, 0.15) is 24.2 Å². The van der Waals surface area contributed by atoms with E-state index in [4.69, 9.17) is 20.5 Å². The van der Waals surface area contributed by atoms with Gasteiger partial charge in [0.2, 0.25) is 5.91 Å². The van der Waals surface area contributed by atoms with Crippen molar-refractivity contribution in [1.29, 1.82) is 5.26 Å². The summed E-state index contributed by atoms with van der Waals surface area (Å²) < 4.78 is 12.9. The van der Waals surface area contributed by atoms with Crippen LogP contribution < -0.4 is 15.8 Å². The lowest BCUT2D eigenvalue weighted by Crippen LogP contribution is -2.52. The zero-order valence-electron chi connectivity index (χ0n) is 14.5. The number of nitriles is 1. The van der Waals surface area contributed by atoms with Gasteiger partial charge in [0, 0.05) is 12.7 Å². The minimum Gasteiger partial charge on any atom is -0.486 e. The Balaban J connectivity index is 1.61. The lowest BCUT2D eigenvalue weighted by molar-refractivity contribution is -0.124. The van der Waals surface area contributed by atoms with Gasteiger partial charge in [-0.05, 0) is 37.6 Å². The third-order valence-corrected chi connectivity index (χ3v) is 4.15. The SMILES string of the molecule is Cc1cc(N)n(CC(=O)N[C@@H]2CCOC[C@H]2Oc2ccc(C#N)cc2)n1. The number of nitrogens with two attached hydrogens (primary N) is 1. The highest BCUT2D eigenvalue weighted by molar-refractivity contribution is 5.76. The lowest BCUT2D eigenvalue weighted by atomic mass is 10.1. The van der Waals surface area contributed by atoms with Crippen LogP contribution in [0.2, 0.25) is 0 Å². The van der Waals surface area contributed by atoms with E-state index in [2.05, 4.69) is 16.5 Å². The van der Waals surface area contributed by atoms with E-state index in [-0.39, 0.29) is 24.6 Å². The molecule has 3 rings (SSSR count). The summed E-state index contributed by atoms with van der Waals surface area (Å²) in [6, 6.07) is 10.5. The van der Waals surface area contributed by atoms with Gasteiger partial charge in [-0.1, -0.05) is 0 Å². The monoisotopic (exact) mass is 355 g/mol. The average Bonchev–Trinajstić information content (AvgIpc) is 2.94. The Kier molecular flexibility index (Phi) is 5.39. The predicted molar refractivity (Wildman–Crippen MR) is 94.3 cm³/mol. The Morgan fingerprint density at radius 3 is 2.92 bits per heavy atom. The molecule has 1 aliphatic heterocycles. The molecule has 26 heavy (non-hydrogen) atoms. The molecule has 0 unspecified atom stereocenters. The maximum Gasteiger partial charge on any atom is 0.242 e. The van der Waals surface area contributed by atoms with Crippen LogP contribution in [0.4, 0.5) is 5.82 Å². The molecule has 1 amide bonds. The van der Waals surface area contributed by atoms with Crippen molar-refractivity contribution in [2.75, 3.05) is 18.9 Å². The van der Waals surface area contributed by atoms with E-state index in [9.17, 15) is 4.79 Å². The third kappa shape index (κ3) is 4.32. The lowest BCUT2D eigenvalue weighted by Gasteiger charge is -2.32. The molecule has 2 aromatic rings. The molecule has 1 saturated heterocycles. The number of hydrogen-bond acceptors (Lipinski definition) is 6. The van der Waals surface area contributed by atoms with E-state index >= 15 is 0 Å². The molecule has 1 fully saturated rings. The summed E-state index contributed by atoms with van der Waals surface area (Å²) in [5, 5.41) is 16.0. The predicted octanol–water partition coefficient (Wildman–Crippen LogP) is 0.998. The van der Waals surface area contributed by atoms with Crippen molar-refractivity contribution in [3.63, 3.8) is 0 Å². The molecule has 2 heterocycles. The van der Waals surface area contributed by atoms with Gasteiger partial charge in [-0.25, -0.2) is 4.68 Å². The molecule has 0 bridgehead atoms. The van der Waals surface area contributed by atoms with E-state index in [0.29, 0.717) is 36.8 Å². The van der Waals surface area contributed by atoms with Crippen molar-refractivity contribution in [3.05, 3.63) is 41.6 Å². The topological polar surface area (TPSA) is 115 Å².